The first kappa shape index (κ1) is 11.3. The van der Waals surface area contributed by atoms with Crippen LogP contribution in [0.25, 0.3) is 0 Å². The van der Waals surface area contributed by atoms with Gasteiger partial charge in [0.25, 0.3) is 0 Å². The molecule has 17 heavy (non-hydrogen) atoms. The minimum Gasteiger partial charge on any atom is -0.422 e. The largest absolute Gasteiger partial charge is 0.422 e. The molecule has 2 atom stereocenters. The molecule has 0 radical (unpaired) electrons. The second-order valence-corrected chi connectivity index (χ2v) is 6.51. The molecule has 0 amide bonds. The molecule has 1 aliphatic heterocycles. The van der Waals surface area contributed by atoms with Crippen molar-refractivity contribution < 1.29 is 9.09 Å². The Hall–Kier alpha value is -0.830. The lowest BCUT2D eigenvalue weighted by molar-refractivity contribution is 0.374. The predicted octanol–water partition coefficient (Wildman–Crippen LogP) is 2.68. The minimum atomic E-state index is -2.90. The van der Waals surface area contributed by atoms with Gasteiger partial charge < -0.3 is 4.52 Å². The van der Waals surface area contributed by atoms with Crippen LogP contribution in [-0.2, 0) is 4.57 Å². The average Bonchev–Trinajstić information content (AvgIpc) is 2.66. The van der Waals surface area contributed by atoms with Crippen LogP contribution >= 0.6 is 7.67 Å². The highest BCUT2D eigenvalue weighted by Gasteiger charge is 2.43. The van der Waals surface area contributed by atoms with Crippen LogP contribution in [-0.4, -0.2) is 12.1 Å². The van der Waals surface area contributed by atoms with E-state index in [-0.39, 0.29) is 0 Å². The van der Waals surface area contributed by atoms with Crippen molar-refractivity contribution >= 4 is 7.67 Å². The van der Waals surface area contributed by atoms with E-state index < -0.39 is 7.67 Å². The van der Waals surface area contributed by atoms with Gasteiger partial charge in [0.05, 0.1) is 0 Å². The van der Waals surface area contributed by atoms with Crippen LogP contribution in [0.1, 0.15) is 25.7 Å². The number of hydrogen-bond acceptors (Lipinski definition) is 2. The van der Waals surface area contributed by atoms with Crippen LogP contribution in [0, 0.1) is 0 Å². The third-order valence-corrected chi connectivity index (χ3v) is 5.23. The number of rotatable bonds is 2. The van der Waals surface area contributed by atoms with Crippen molar-refractivity contribution in [1.29, 1.82) is 0 Å². The van der Waals surface area contributed by atoms with Gasteiger partial charge in [-0.2, -0.15) is 0 Å². The third-order valence-electron chi connectivity index (χ3n) is 3.41. The fraction of sp³-hybridized carbons (Fsp3) is 0.500. The van der Waals surface area contributed by atoms with Gasteiger partial charge in [-0.05, 0) is 25.0 Å². The van der Waals surface area contributed by atoms with Crippen molar-refractivity contribution in [2.75, 3.05) is 0 Å². The summed E-state index contributed by atoms with van der Waals surface area (Å²) in [6, 6.07) is 9.93. The normalized spacial score (nSPS) is 30.8. The van der Waals surface area contributed by atoms with Crippen molar-refractivity contribution in [3.05, 3.63) is 30.3 Å². The van der Waals surface area contributed by atoms with Gasteiger partial charge in [0.15, 0.2) is 0 Å². The fourth-order valence-corrected chi connectivity index (χ4v) is 4.69. The Balaban J connectivity index is 1.73. The quantitative estimate of drug-likeness (QED) is 0.794. The van der Waals surface area contributed by atoms with Gasteiger partial charge in [0.2, 0.25) is 0 Å². The zero-order valence-electron chi connectivity index (χ0n) is 9.63. The third kappa shape index (κ3) is 2.39. The van der Waals surface area contributed by atoms with Crippen molar-refractivity contribution in [1.82, 2.24) is 10.2 Å². The number of fused-ring (bicyclic) bond motifs is 1. The smallest absolute Gasteiger partial charge is 0.391 e. The molecule has 3 rings (SSSR count). The van der Waals surface area contributed by atoms with Gasteiger partial charge in [-0.3, -0.25) is 0 Å². The highest BCUT2D eigenvalue weighted by molar-refractivity contribution is 7.55. The van der Waals surface area contributed by atoms with Crippen molar-refractivity contribution in [3.8, 4) is 5.75 Å². The molecule has 0 bridgehead atoms. The zero-order valence-corrected chi connectivity index (χ0v) is 10.5. The van der Waals surface area contributed by atoms with Gasteiger partial charge in [-0.15, -0.1) is 0 Å². The van der Waals surface area contributed by atoms with Gasteiger partial charge in [0.1, 0.15) is 5.75 Å². The topological polar surface area (TPSA) is 50.4 Å². The van der Waals surface area contributed by atoms with Crippen molar-refractivity contribution in [3.63, 3.8) is 0 Å². The minimum absolute atomic E-state index is 0.304. The molecule has 2 fully saturated rings. The van der Waals surface area contributed by atoms with E-state index in [9.17, 15) is 4.57 Å². The molecular formula is C12H17N2O2P. The molecule has 1 saturated heterocycles. The molecule has 1 saturated carbocycles. The summed E-state index contributed by atoms with van der Waals surface area (Å²) in [6.45, 7) is 0. The fourth-order valence-electron chi connectivity index (χ4n) is 2.60. The number of benzene rings is 1. The van der Waals surface area contributed by atoms with Gasteiger partial charge >= 0.3 is 7.67 Å². The lowest BCUT2D eigenvalue weighted by Gasteiger charge is -2.22. The van der Waals surface area contributed by atoms with Crippen LogP contribution in [0.4, 0.5) is 0 Å². The predicted molar refractivity (Wildman–Crippen MR) is 67.0 cm³/mol. The maximum atomic E-state index is 12.5. The molecule has 2 aliphatic rings. The van der Waals surface area contributed by atoms with Crippen LogP contribution < -0.4 is 14.7 Å². The Bertz CT molecular complexity index is 419. The van der Waals surface area contributed by atoms with E-state index in [1.165, 1.54) is 12.8 Å². The van der Waals surface area contributed by atoms with E-state index in [4.69, 9.17) is 4.52 Å². The Kier molecular flexibility index (Phi) is 2.95. The standard InChI is InChI=1S/C12H17N2O2P/c15-17(16-10-6-2-1-3-7-10)13-11-8-4-5-9-12(11)14-17/h1-3,6-7,11-12H,4-5,8-9H2,(H2,13,14,15)/t11-,12-/m0/s1. The Morgan fingerprint density at radius 2 is 1.65 bits per heavy atom. The lowest BCUT2D eigenvalue weighted by Crippen LogP contribution is -2.36. The first-order chi connectivity index (χ1) is 8.25. The summed E-state index contributed by atoms with van der Waals surface area (Å²) in [4.78, 5) is 0. The molecular weight excluding hydrogens is 235 g/mol. The SMILES string of the molecule is O=P1(Oc2ccccc2)N[C@H]2CCCC[C@@H]2N1. The number of nitrogens with one attached hydrogen (secondary N) is 2. The molecule has 1 heterocycles. The van der Waals surface area contributed by atoms with Crippen LogP contribution in [0.2, 0.25) is 0 Å². The van der Waals surface area contributed by atoms with E-state index in [2.05, 4.69) is 10.2 Å². The molecule has 5 heteroatoms. The summed E-state index contributed by atoms with van der Waals surface area (Å²) in [5, 5.41) is 6.28. The Morgan fingerprint density at radius 1 is 1.06 bits per heavy atom. The van der Waals surface area contributed by atoms with E-state index in [1.54, 1.807) is 0 Å². The molecule has 0 spiro atoms. The second kappa shape index (κ2) is 4.45. The Labute approximate surface area is 101 Å². The van der Waals surface area contributed by atoms with Crippen LogP contribution in [0.5, 0.6) is 5.75 Å². The lowest BCUT2D eigenvalue weighted by atomic mass is 9.92. The van der Waals surface area contributed by atoms with Crippen LogP contribution in [0.3, 0.4) is 0 Å². The summed E-state index contributed by atoms with van der Waals surface area (Å²) in [7, 11) is -2.90. The maximum Gasteiger partial charge on any atom is 0.391 e. The first-order valence-corrected chi connectivity index (χ1v) is 7.78. The molecule has 92 valence electrons. The van der Waals surface area contributed by atoms with E-state index in [0.717, 1.165) is 12.8 Å². The number of para-hydroxylation sites is 1. The Morgan fingerprint density at radius 3 is 2.24 bits per heavy atom. The molecule has 0 unspecified atom stereocenters. The summed E-state index contributed by atoms with van der Waals surface area (Å²) in [5.41, 5.74) is 0. The first-order valence-electron chi connectivity index (χ1n) is 6.15. The van der Waals surface area contributed by atoms with Gasteiger partial charge in [-0.25, -0.2) is 14.7 Å². The van der Waals surface area contributed by atoms with E-state index in [1.807, 2.05) is 30.3 Å². The summed E-state index contributed by atoms with van der Waals surface area (Å²) in [5.74, 6) is 0.648. The average molecular weight is 252 g/mol. The molecule has 4 nitrogen and oxygen atoms in total. The summed E-state index contributed by atoms with van der Waals surface area (Å²) < 4.78 is 18.1. The van der Waals surface area contributed by atoms with Gasteiger partial charge in [0, 0.05) is 12.1 Å². The number of hydrogen-bond donors (Lipinski definition) is 2. The van der Waals surface area contributed by atoms with Gasteiger partial charge in [-0.1, -0.05) is 31.0 Å². The van der Waals surface area contributed by atoms with E-state index in [0.29, 0.717) is 17.8 Å². The van der Waals surface area contributed by atoms with Crippen molar-refractivity contribution in [2.45, 2.75) is 37.8 Å². The zero-order chi connectivity index (χ0) is 11.7. The van der Waals surface area contributed by atoms with Crippen molar-refractivity contribution in [2.24, 2.45) is 0 Å². The highest BCUT2D eigenvalue weighted by Crippen LogP contribution is 2.47. The second-order valence-electron chi connectivity index (χ2n) is 4.71. The highest BCUT2D eigenvalue weighted by atomic mass is 31.2. The molecule has 1 aromatic rings. The van der Waals surface area contributed by atoms with E-state index >= 15 is 0 Å². The maximum absolute atomic E-state index is 12.5. The molecule has 1 aromatic carbocycles. The summed E-state index contributed by atoms with van der Waals surface area (Å²) in [6.07, 6.45) is 4.59. The van der Waals surface area contributed by atoms with Crippen LogP contribution in [0.15, 0.2) is 30.3 Å². The monoisotopic (exact) mass is 252 g/mol. The molecule has 2 N–H and O–H groups in total. The molecule has 1 aliphatic carbocycles. The molecule has 0 aromatic heterocycles. The summed E-state index contributed by atoms with van der Waals surface area (Å²) >= 11 is 0.